The molecule has 3 aromatic rings. The van der Waals surface area contributed by atoms with Crippen LogP contribution in [-0.2, 0) is 11.3 Å². The maximum atomic E-state index is 15.0. The Morgan fingerprint density at radius 1 is 1.20 bits per heavy atom. The van der Waals surface area contributed by atoms with Crippen molar-refractivity contribution in [2.75, 3.05) is 31.6 Å². The lowest BCUT2D eigenvalue weighted by atomic mass is 9.89. The van der Waals surface area contributed by atoms with Gasteiger partial charge in [0.05, 0.1) is 36.6 Å². The van der Waals surface area contributed by atoms with Crippen molar-refractivity contribution < 1.29 is 19.3 Å². The molecule has 5 rings (SSSR count). The van der Waals surface area contributed by atoms with E-state index in [0.717, 1.165) is 28.6 Å². The number of pyridine rings is 1. The average Bonchev–Trinajstić information content (AvgIpc) is 2.81. The summed E-state index contributed by atoms with van der Waals surface area (Å²) in [7, 11) is 0. The lowest BCUT2D eigenvalue weighted by molar-refractivity contribution is -0.0136. The predicted molar refractivity (Wildman–Crippen MR) is 132 cm³/mol. The van der Waals surface area contributed by atoms with E-state index in [2.05, 4.69) is 34.0 Å². The van der Waals surface area contributed by atoms with E-state index in [1.165, 1.54) is 11.8 Å². The quantitative estimate of drug-likeness (QED) is 0.494. The van der Waals surface area contributed by atoms with Crippen molar-refractivity contribution in [2.24, 2.45) is 0 Å². The standard InChI is InChI=1S/C26H32FN5O3/c1-14(2)23-16(10-32-11-17(33)12-32)8-28-21-5-4-18(15(3)24(21)23)25-19(27)9-29-26(31-25)30-20-6-7-35-13-22(20)34/h4-5,8-9,14,17,20,22,33-34H,6-7,10-13H2,1-3H3,(H,29,30,31)/t20-,22-/m1/s1. The highest BCUT2D eigenvalue weighted by Crippen LogP contribution is 2.36. The summed E-state index contributed by atoms with van der Waals surface area (Å²) in [4.78, 5) is 15.5. The number of aliphatic hydroxyl groups excluding tert-OH is 2. The predicted octanol–water partition coefficient (Wildman–Crippen LogP) is 3.00. The third-order valence-electron chi connectivity index (χ3n) is 6.97. The number of aromatic nitrogens is 3. The van der Waals surface area contributed by atoms with E-state index in [1.54, 1.807) is 0 Å². The Balaban J connectivity index is 1.55. The molecule has 0 unspecified atom stereocenters. The van der Waals surface area contributed by atoms with Crippen LogP contribution < -0.4 is 5.32 Å². The topological polar surface area (TPSA) is 104 Å². The number of likely N-dealkylation sites (tertiary alicyclic amines) is 1. The van der Waals surface area contributed by atoms with Gasteiger partial charge < -0.3 is 20.3 Å². The molecule has 0 saturated carbocycles. The van der Waals surface area contributed by atoms with Gasteiger partial charge in [-0.2, -0.15) is 0 Å². The number of aliphatic hydroxyl groups is 2. The Hall–Kier alpha value is -2.72. The number of fused-ring (bicyclic) bond motifs is 1. The fraction of sp³-hybridized carbons (Fsp3) is 0.500. The normalized spacial score (nSPS) is 21.5. The van der Waals surface area contributed by atoms with Gasteiger partial charge in [-0.15, -0.1) is 0 Å². The molecule has 2 aliphatic rings. The number of nitrogens with zero attached hydrogens (tertiary/aromatic N) is 4. The Morgan fingerprint density at radius 3 is 2.71 bits per heavy atom. The molecule has 4 heterocycles. The third kappa shape index (κ3) is 4.73. The van der Waals surface area contributed by atoms with Crippen LogP contribution in [0.25, 0.3) is 22.2 Å². The molecule has 2 atom stereocenters. The van der Waals surface area contributed by atoms with Gasteiger partial charge in [-0.05, 0) is 42.0 Å². The molecular formula is C26H32FN5O3. The highest BCUT2D eigenvalue weighted by Gasteiger charge is 2.27. The van der Waals surface area contributed by atoms with E-state index >= 15 is 4.39 Å². The van der Waals surface area contributed by atoms with E-state index in [4.69, 9.17) is 9.72 Å². The van der Waals surface area contributed by atoms with Crippen LogP contribution in [0.3, 0.4) is 0 Å². The molecule has 186 valence electrons. The number of aryl methyl sites for hydroxylation is 1. The number of anilines is 1. The second kappa shape index (κ2) is 9.73. The second-order valence-corrected chi connectivity index (χ2v) is 9.90. The summed E-state index contributed by atoms with van der Waals surface area (Å²) in [6.45, 7) is 9.13. The molecule has 35 heavy (non-hydrogen) atoms. The molecule has 0 spiro atoms. The van der Waals surface area contributed by atoms with Crippen molar-refractivity contribution in [1.29, 1.82) is 0 Å². The van der Waals surface area contributed by atoms with Gasteiger partial charge in [0.2, 0.25) is 5.95 Å². The van der Waals surface area contributed by atoms with Crippen LogP contribution in [0.5, 0.6) is 0 Å². The lowest BCUT2D eigenvalue weighted by Crippen LogP contribution is -2.49. The number of β-amino-alcohol motifs (C(OH)–C–C–N with tert-alkyl or cyclic N) is 1. The maximum absolute atomic E-state index is 15.0. The summed E-state index contributed by atoms with van der Waals surface area (Å²) in [5, 5.41) is 24.1. The van der Waals surface area contributed by atoms with Crippen LogP contribution in [-0.4, -0.2) is 74.6 Å². The van der Waals surface area contributed by atoms with Crippen LogP contribution in [0.4, 0.5) is 10.3 Å². The Labute approximate surface area is 204 Å². The van der Waals surface area contributed by atoms with Crippen molar-refractivity contribution in [3.8, 4) is 11.3 Å². The number of rotatable bonds is 6. The molecule has 2 saturated heterocycles. The SMILES string of the molecule is Cc1c(-c2nc(N[C@@H]3CCOC[C@H]3O)ncc2F)ccc2ncc(CN3CC(O)C3)c(C(C)C)c12. The molecule has 0 bridgehead atoms. The molecule has 8 nitrogen and oxygen atoms in total. The van der Waals surface area contributed by atoms with Gasteiger partial charge in [0, 0.05) is 43.4 Å². The number of hydrogen-bond donors (Lipinski definition) is 3. The largest absolute Gasteiger partial charge is 0.390 e. The van der Waals surface area contributed by atoms with E-state index in [-0.39, 0.29) is 36.3 Å². The van der Waals surface area contributed by atoms with Crippen molar-refractivity contribution in [1.82, 2.24) is 19.9 Å². The Bertz CT molecular complexity index is 1230. The summed E-state index contributed by atoms with van der Waals surface area (Å²) in [6, 6.07) is 3.52. The zero-order chi connectivity index (χ0) is 24.7. The van der Waals surface area contributed by atoms with Crippen LogP contribution in [0.1, 0.15) is 42.9 Å². The third-order valence-corrected chi connectivity index (χ3v) is 6.97. The summed E-state index contributed by atoms with van der Waals surface area (Å²) < 4.78 is 20.3. The first kappa shape index (κ1) is 24.0. The molecule has 0 amide bonds. The fourth-order valence-corrected chi connectivity index (χ4v) is 5.16. The van der Waals surface area contributed by atoms with Crippen LogP contribution >= 0.6 is 0 Å². The van der Waals surface area contributed by atoms with E-state index in [1.807, 2.05) is 25.3 Å². The number of benzene rings is 1. The lowest BCUT2D eigenvalue weighted by Gasteiger charge is -2.36. The van der Waals surface area contributed by atoms with Crippen molar-refractivity contribution in [3.63, 3.8) is 0 Å². The molecule has 0 radical (unpaired) electrons. The van der Waals surface area contributed by atoms with Gasteiger partial charge in [0.1, 0.15) is 5.69 Å². The summed E-state index contributed by atoms with van der Waals surface area (Å²) in [5.74, 6) is 0.00702. The van der Waals surface area contributed by atoms with Crippen LogP contribution in [0.15, 0.2) is 24.5 Å². The summed E-state index contributed by atoms with van der Waals surface area (Å²) >= 11 is 0. The molecule has 2 fully saturated rings. The first-order chi connectivity index (χ1) is 16.8. The molecule has 3 N–H and O–H groups in total. The minimum Gasteiger partial charge on any atom is -0.390 e. The highest BCUT2D eigenvalue weighted by molar-refractivity contribution is 5.92. The number of hydrogen-bond acceptors (Lipinski definition) is 8. The molecule has 0 aliphatic carbocycles. The minimum atomic E-state index is -0.672. The smallest absolute Gasteiger partial charge is 0.223 e. The second-order valence-electron chi connectivity index (χ2n) is 9.90. The van der Waals surface area contributed by atoms with E-state index in [0.29, 0.717) is 31.7 Å². The fourth-order valence-electron chi connectivity index (χ4n) is 5.16. The zero-order valence-electron chi connectivity index (χ0n) is 20.3. The molecule has 1 aromatic carbocycles. The number of halogens is 1. The molecular weight excluding hydrogens is 449 g/mol. The molecule has 2 aromatic heterocycles. The maximum Gasteiger partial charge on any atom is 0.223 e. The van der Waals surface area contributed by atoms with E-state index in [9.17, 15) is 10.2 Å². The summed E-state index contributed by atoms with van der Waals surface area (Å²) in [5.41, 5.74) is 4.99. The first-order valence-electron chi connectivity index (χ1n) is 12.2. The van der Waals surface area contributed by atoms with Crippen molar-refractivity contribution in [3.05, 3.63) is 47.0 Å². The zero-order valence-corrected chi connectivity index (χ0v) is 20.3. The monoisotopic (exact) mass is 481 g/mol. The van der Waals surface area contributed by atoms with E-state index < -0.39 is 11.9 Å². The van der Waals surface area contributed by atoms with Crippen LogP contribution in [0, 0.1) is 12.7 Å². The van der Waals surface area contributed by atoms with Gasteiger partial charge in [0.15, 0.2) is 5.82 Å². The Kier molecular flexibility index (Phi) is 6.67. The Morgan fingerprint density at radius 2 is 2.00 bits per heavy atom. The molecule has 2 aliphatic heterocycles. The van der Waals surface area contributed by atoms with Gasteiger partial charge >= 0.3 is 0 Å². The van der Waals surface area contributed by atoms with Gasteiger partial charge in [-0.3, -0.25) is 9.88 Å². The van der Waals surface area contributed by atoms with Gasteiger partial charge in [0.25, 0.3) is 0 Å². The minimum absolute atomic E-state index is 0.217. The number of nitrogens with one attached hydrogen (secondary N) is 1. The number of ether oxygens (including phenoxy) is 1. The van der Waals surface area contributed by atoms with Crippen molar-refractivity contribution in [2.45, 2.75) is 57.9 Å². The highest BCUT2D eigenvalue weighted by atomic mass is 19.1. The van der Waals surface area contributed by atoms with Gasteiger partial charge in [-0.25, -0.2) is 14.4 Å². The first-order valence-corrected chi connectivity index (χ1v) is 12.2. The molecule has 9 heteroatoms. The average molecular weight is 482 g/mol. The van der Waals surface area contributed by atoms with Crippen molar-refractivity contribution >= 4 is 16.9 Å². The van der Waals surface area contributed by atoms with Gasteiger partial charge in [-0.1, -0.05) is 19.9 Å². The summed E-state index contributed by atoms with van der Waals surface area (Å²) in [6.07, 6.45) is 2.78. The van der Waals surface area contributed by atoms with Crippen LogP contribution in [0.2, 0.25) is 0 Å².